The second-order valence-electron chi connectivity index (χ2n) is 10.2. The van der Waals surface area contributed by atoms with E-state index in [1.54, 1.807) is 32.9 Å². The molecule has 10 heteroatoms. The maximum atomic E-state index is 13.5. The number of rotatable bonds is 12. The van der Waals surface area contributed by atoms with Gasteiger partial charge >= 0.3 is 6.09 Å². The minimum absolute atomic E-state index is 0.0168. The molecule has 0 aliphatic heterocycles. The van der Waals surface area contributed by atoms with Gasteiger partial charge in [0.05, 0.1) is 17.0 Å². The normalized spacial score (nSPS) is 13.9. The Balaban J connectivity index is 2.31. The fraction of sp³-hybridized carbons (Fsp3) is 0.500. The maximum absolute atomic E-state index is 13.5. The highest BCUT2D eigenvalue weighted by molar-refractivity contribution is 7.89. The van der Waals surface area contributed by atoms with Crippen molar-refractivity contribution >= 4 is 16.1 Å². The first kappa shape index (κ1) is 29.4. The maximum Gasteiger partial charge on any atom is 0.407 e. The third-order valence-corrected chi connectivity index (χ3v) is 7.08. The van der Waals surface area contributed by atoms with Crippen molar-refractivity contribution in [2.45, 2.75) is 70.2 Å². The number of alkyl carbamates (subject to hydrolysis) is 1. The van der Waals surface area contributed by atoms with E-state index in [1.807, 2.05) is 44.2 Å². The molecular weight excluding hydrogens is 482 g/mol. The summed E-state index contributed by atoms with van der Waals surface area (Å²) >= 11 is 0. The van der Waals surface area contributed by atoms with Crippen LogP contribution in [0.2, 0.25) is 0 Å². The largest absolute Gasteiger partial charge is 0.444 e. The quantitative estimate of drug-likeness (QED) is 0.407. The number of hydrogen-bond donors (Lipinski definition) is 2. The molecule has 0 heterocycles. The monoisotopic (exact) mass is 519 g/mol. The number of hydrogen-bond acceptors (Lipinski definition) is 7. The van der Waals surface area contributed by atoms with E-state index in [0.717, 1.165) is 5.56 Å². The number of ether oxygens (including phenoxy) is 1. The van der Waals surface area contributed by atoms with E-state index in [0.29, 0.717) is 5.56 Å². The fourth-order valence-corrected chi connectivity index (χ4v) is 5.24. The third-order valence-electron chi connectivity index (χ3n) is 5.23. The van der Waals surface area contributed by atoms with Crippen LogP contribution in [0.15, 0.2) is 64.7 Å². The highest BCUT2D eigenvalue weighted by Crippen LogP contribution is 2.20. The van der Waals surface area contributed by atoms with Crippen molar-refractivity contribution < 1.29 is 23.1 Å². The Morgan fingerprint density at radius 3 is 2.17 bits per heavy atom. The first-order chi connectivity index (χ1) is 16.8. The number of sulfonamides is 1. The Hall–Kier alpha value is -2.82. The minimum atomic E-state index is -3.97. The van der Waals surface area contributed by atoms with Crippen molar-refractivity contribution in [3.8, 4) is 0 Å². The predicted molar refractivity (Wildman–Crippen MR) is 139 cm³/mol. The molecule has 0 aromatic heterocycles. The standard InChI is InChI=1S/C26H37N3O6S/c1-19(2)17-29(36(33,34)22-13-11-21(12-14-22)16-27-32)18-24(30)23(15-20-9-7-6-8-10-20)28-25(31)35-26(3,4)5/h6-14,19,23-24,30H,15-18H2,1-5H3,(H,28,31)/t23-,24+/m0/s1. The van der Waals surface area contributed by atoms with Crippen LogP contribution < -0.4 is 5.32 Å². The van der Waals surface area contributed by atoms with E-state index in [2.05, 4.69) is 10.5 Å². The predicted octanol–water partition coefficient (Wildman–Crippen LogP) is 4.10. The molecule has 1 amide bonds. The van der Waals surface area contributed by atoms with Gasteiger partial charge in [0.2, 0.25) is 10.0 Å². The van der Waals surface area contributed by atoms with Crippen molar-refractivity contribution in [1.29, 1.82) is 0 Å². The van der Waals surface area contributed by atoms with Gasteiger partial charge in [-0.1, -0.05) is 61.5 Å². The van der Waals surface area contributed by atoms with Gasteiger partial charge < -0.3 is 15.2 Å². The van der Waals surface area contributed by atoms with Crippen LogP contribution in [0.5, 0.6) is 0 Å². The van der Waals surface area contributed by atoms with Gasteiger partial charge in [0.15, 0.2) is 0 Å². The molecule has 0 aliphatic carbocycles. The summed E-state index contributed by atoms with van der Waals surface area (Å²) in [5.74, 6) is -0.0168. The lowest BCUT2D eigenvalue weighted by Gasteiger charge is -2.31. The summed E-state index contributed by atoms with van der Waals surface area (Å²) in [6, 6.07) is 14.4. The van der Waals surface area contributed by atoms with Crippen LogP contribution in [-0.2, 0) is 27.7 Å². The number of nitrogens with one attached hydrogen (secondary N) is 1. The highest BCUT2D eigenvalue weighted by Gasteiger charge is 2.32. The van der Waals surface area contributed by atoms with Crippen molar-refractivity contribution in [2.75, 3.05) is 13.1 Å². The van der Waals surface area contributed by atoms with Crippen LogP contribution in [0.25, 0.3) is 0 Å². The summed E-state index contributed by atoms with van der Waals surface area (Å²) < 4.78 is 33.6. The Morgan fingerprint density at radius 1 is 1.03 bits per heavy atom. The van der Waals surface area contributed by atoms with E-state index < -0.39 is 33.9 Å². The van der Waals surface area contributed by atoms with E-state index in [1.165, 1.54) is 16.4 Å². The summed E-state index contributed by atoms with van der Waals surface area (Å²) in [4.78, 5) is 23.1. The number of amides is 1. The summed E-state index contributed by atoms with van der Waals surface area (Å²) in [6.45, 7) is 8.87. The SMILES string of the molecule is CC(C)CN(C[C@@H](O)[C@H](Cc1ccccc1)NC(=O)OC(C)(C)C)S(=O)(=O)c1ccc(CN=O)cc1. The summed E-state index contributed by atoms with van der Waals surface area (Å²) in [7, 11) is -3.97. The zero-order chi connectivity index (χ0) is 26.9. The lowest BCUT2D eigenvalue weighted by molar-refractivity contribution is 0.0400. The summed E-state index contributed by atoms with van der Waals surface area (Å²) in [6.07, 6.45) is -1.63. The number of benzene rings is 2. The fourth-order valence-electron chi connectivity index (χ4n) is 3.61. The molecule has 0 bridgehead atoms. The molecule has 36 heavy (non-hydrogen) atoms. The van der Waals surface area contributed by atoms with Crippen LogP contribution in [0.1, 0.15) is 45.7 Å². The molecule has 0 spiro atoms. The smallest absolute Gasteiger partial charge is 0.407 e. The number of nitroso groups, excluding NO2 is 1. The lowest BCUT2D eigenvalue weighted by Crippen LogP contribution is -2.51. The zero-order valence-electron chi connectivity index (χ0n) is 21.5. The molecule has 2 atom stereocenters. The molecule has 0 saturated heterocycles. The zero-order valence-corrected chi connectivity index (χ0v) is 22.4. The van der Waals surface area contributed by atoms with Crippen molar-refractivity contribution in [2.24, 2.45) is 11.1 Å². The summed E-state index contributed by atoms with van der Waals surface area (Å²) in [5, 5.41) is 16.7. The Morgan fingerprint density at radius 2 is 1.64 bits per heavy atom. The number of nitrogens with zero attached hydrogens (tertiary/aromatic N) is 2. The van der Waals surface area contributed by atoms with Gasteiger partial charge in [0.1, 0.15) is 12.1 Å². The van der Waals surface area contributed by atoms with Crippen molar-refractivity contribution in [3.05, 3.63) is 70.6 Å². The van der Waals surface area contributed by atoms with Gasteiger partial charge in [-0.15, -0.1) is 0 Å². The molecule has 2 N–H and O–H groups in total. The number of aliphatic hydroxyl groups is 1. The van der Waals surface area contributed by atoms with Gasteiger partial charge in [-0.3, -0.25) is 0 Å². The Labute approximate surface area is 213 Å². The van der Waals surface area contributed by atoms with Gasteiger partial charge in [-0.2, -0.15) is 9.21 Å². The molecule has 0 radical (unpaired) electrons. The van der Waals surface area contributed by atoms with E-state index in [4.69, 9.17) is 4.74 Å². The second-order valence-corrected chi connectivity index (χ2v) is 12.1. The van der Waals surface area contributed by atoms with Gasteiger partial charge in [-0.05, 0) is 56.4 Å². The van der Waals surface area contributed by atoms with Gasteiger partial charge in [0.25, 0.3) is 0 Å². The Bertz CT molecular complexity index is 1080. The second kappa shape index (κ2) is 12.9. The first-order valence-electron chi connectivity index (χ1n) is 11.9. The number of carbonyl (C=O) groups excluding carboxylic acids is 1. The molecular formula is C26H37N3O6S. The van der Waals surface area contributed by atoms with Crippen LogP contribution in [0.3, 0.4) is 0 Å². The van der Waals surface area contributed by atoms with Crippen LogP contribution >= 0.6 is 0 Å². The van der Waals surface area contributed by atoms with Crippen molar-refractivity contribution in [3.63, 3.8) is 0 Å². The van der Waals surface area contributed by atoms with E-state index in [-0.39, 0.29) is 36.9 Å². The molecule has 2 aromatic rings. The topological polar surface area (TPSA) is 125 Å². The van der Waals surface area contributed by atoms with Gasteiger partial charge in [-0.25, -0.2) is 13.2 Å². The molecule has 2 aromatic carbocycles. The number of carbonyl (C=O) groups is 1. The third kappa shape index (κ3) is 9.33. The molecule has 198 valence electrons. The molecule has 2 rings (SSSR count). The average molecular weight is 520 g/mol. The average Bonchev–Trinajstić information content (AvgIpc) is 2.78. The lowest BCUT2D eigenvalue weighted by atomic mass is 10.0. The van der Waals surface area contributed by atoms with Crippen LogP contribution in [0.4, 0.5) is 4.79 Å². The molecule has 0 fully saturated rings. The van der Waals surface area contributed by atoms with E-state index in [9.17, 15) is 23.2 Å². The van der Waals surface area contributed by atoms with E-state index >= 15 is 0 Å². The van der Waals surface area contributed by atoms with Crippen molar-refractivity contribution in [1.82, 2.24) is 9.62 Å². The van der Waals surface area contributed by atoms with Crippen LogP contribution in [0, 0.1) is 10.8 Å². The van der Waals surface area contributed by atoms with Gasteiger partial charge in [0, 0.05) is 13.1 Å². The number of aliphatic hydroxyl groups excluding tert-OH is 1. The molecule has 0 aliphatic rings. The highest BCUT2D eigenvalue weighted by atomic mass is 32.2. The molecule has 9 nitrogen and oxygen atoms in total. The summed E-state index contributed by atoms with van der Waals surface area (Å²) in [5.41, 5.74) is 0.740. The van der Waals surface area contributed by atoms with Crippen LogP contribution in [-0.4, -0.2) is 54.8 Å². The Kier molecular flexibility index (Phi) is 10.6. The minimum Gasteiger partial charge on any atom is -0.444 e. The molecule has 0 unspecified atom stereocenters. The molecule has 0 saturated carbocycles. The first-order valence-corrected chi connectivity index (χ1v) is 13.4.